The zero-order valence-electron chi connectivity index (χ0n) is 21.4. The van der Waals surface area contributed by atoms with Crippen molar-refractivity contribution in [2.45, 2.75) is 131 Å². The molecule has 0 aliphatic carbocycles. The Kier molecular flexibility index (Phi) is 20.1. The van der Waals surface area contributed by atoms with E-state index in [0.717, 1.165) is 56.8 Å². The lowest BCUT2D eigenvalue weighted by molar-refractivity contribution is -0.145. The monoisotopic (exact) mass is 440 g/mol. The highest BCUT2D eigenvalue weighted by Gasteiger charge is 2.08. The largest absolute Gasteiger partial charge is 0.466 e. The molecule has 0 radical (unpaired) electrons. The summed E-state index contributed by atoms with van der Waals surface area (Å²) in [4.78, 5) is 23.5. The number of carbonyl (C=O) groups excluding carboxylic acids is 2. The van der Waals surface area contributed by atoms with Crippen LogP contribution in [0, 0.1) is 17.8 Å². The van der Waals surface area contributed by atoms with E-state index in [2.05, 4.69) is 34.6 Å². The molecule has 0 aromatic rings. The maximum absolute atomic E-state index is 11.8. The van der Waals surface area contributed by atoms with Gasteiger partial charge in [-0.05, 0) is 56.3 Å². The SMILES string of the molecule is CC(C)CCCCOC(=O)CCCCCCCC(C)CCC(=O)OCCCCC(C)C. The normalized spacial score (nSPS) is 12.4. The van der Waals surface area contributed by atoms with Gasteiger partial charge >= 0.3 is 11.9 Å². The van der Waals surface area contributed by atoms with Gasteiger partial charge in [0, 0.05) is 12.8 Å². The van der Waals surface area contributed by atoms with Crippen LogP contribution < -0.4 is 0 Å². The van der Waals surface area contributed by atoms with E-state index in [1.54, 1.807) is 0 Å². The molecule has 0 rings (SSSR count). The summed E-state index contributed by atoms with van der Waals surface area (Å²) < 4.78 is 10.6. The molecule has 0 N–H and O–H groups in total. The fraction of sp³-hybridized carbons (Fsp3) is 0.926. The highest BCUT2D eigenvalue weighted by atomic mass is 16.5. The second kappa shape index (κ2) is 20.8. The van der Waals surface area contributed by atoms with Gasteiger partial charge in [-0.2, -0.15) is 0 Å². The molecular weight excluding hydrogens is 388 g/mol. The van der Waals surface area contributed by atoms with Crippen molar-refractivity contribution in [2.24, 2.45) is 17.8 Å². The molecular formula is C27H52O4. The van der Waals surface area contributed by atoms with E-state index in [4.69, 9.17) is 9.47 Å². The number of carbonyl (C=O) groups is 2. The van der Waals surface area contributed by atoms with Gasteiger partial charge in [0.15, 0.2) is 0 Å². The van der Waals surface area contributed by atoms with Gasteiger partial charge in [-0.15, -0.1) is 0 Å². The summed E-state index contributed by atoms with van der Waals surface area (Å²) in [7, 11) is 0. The van der Waals surface area contributed by atoms with E-state index in [1.807, 2.05) is 0 Å². The second-order valence-corrected chi connectivity index (χ2v) is 10.2. The minimum Gasteiger partial charge on any atom is -0.466 e. The Balaban J connectivity index is 3.42. The summed E-state index contributed by atoms with van der Waals surface area (Å²) in [6.45, 7) is 12.3. The molecule has 0 aliphatic heterocycles. The molecule has 1 unspecified atom stereocenters. The average molecular weight is 441 g/mol. The first-order chi connectivity index (χ1) is 14.8. The van der Waals surface area contributed by atoms with E-state index in [1.165, 1.54) is 38.5 Å². The fourth-order valence-electron chi connectivity index (χ4n) is 3.63. The molecule has 0 spiro atoms. The lowest BCUT2D eigenvalue weighted by atomic mass is 9.97. The van der Waals surface area contributed by atoms with Crippen molar-refractivity contribution in [3.05, 3.63) is 0 Å². The maximum atomic E-state index is 11.8. The van der Waals surface area contributed by atoms with Crippen LogP contribution in [0.3, 0.4) is 0 Å². The first-order valence-electron chi connectivity index (χ1n) is 13.1. The van der Waals surface area contributed by atoms with Crippen LogP contribution in [0.25, 0.3) is 0 Å². The molecule has 1 atom stereocenters. The predicted octanol–water partition coefficient (Wildman–Crippen LogP) is 7.87. The topological polar surface area (TPSA) is 52.6 Å². The predicted molar refractivity (Wildman–Crippen MR) is 130 cm³/mol. The van der Waals surface area contributed by atoms with Crippen LogP contribution in [0.15, 0.2) is 0 Å². The van der Waals surface area contributed by atoms with Gasteiger partial charge in [0.05, 0.1) is 13.2 Å². The molecule has 0 bridgehead atoms. The summed E-state index contributed by atoms with van der Waals surface area (Å²) >= 11 is 0. The fourth-order valence-corrected chi connectivity index (χ4v) is 3.63. The van der Waals surface area contributed by atoms with Crippen molar-refractivity contribution in [1.82, 2.24) is 0 Å². The average Bonchev–Trinajstić information content (AvgIpc) is 2.70. The smallest absolute Gasteiger partial charge is 0.305 e. The summed E-state index contributed by atoms with van der Waals surface area (Å²) in [5.41, 5.74) is 0. The Hall–Kier alpha value is -1.06. The Morgan fingerprint density at radius 2 is 0.968 bits per heavy atom. The van der Waals surface area contributed by atoms with E-state index < -0.39 is 0 Å². The third-order valence-electron chi connectivity index (χ3n) is 5.80. The van der Waals surface area contributed by atoms with Gasteiger partial charge in [0.1, 0.15) is 0 Å². The first kappa shape index (κ1) is 29.9. The first-order valence-corrected chi connectivity index (χ1v) is 13.1. The second-order valence-electron chi connectivity index (χ2n) is 10.2. The molecule has 0 saturated heterocycles. The lowest BCUT2D eigenvalue weighted by Gasteiger charge is -2.11. The minimum atomic E-state index is -0.0387. The Morgan fingerprint density at radius 1 is 0.516 bits per heavy atom. The lowest BCUT2D eigenvalue weighted by Crippen LogP contribution is -2.08. The van der Waals surface area contributed by atoms with Crippen LogP contribution in [0.4, 0.5) is 0 Å². The zero-order valence-corrected chi connectivity index (χ0v) is 21.4. The van der Waals surface area contributed by atoms with Crippen molar-refractivity contribution in [2.75, 3.05) is 13.2 Å². The highest BCUT2D eigenvalue weighted by molar-refractivity contribution is 5.69. The standard InChI is InChI=1S/C27H52O4/c1-23(2)15-11-13-21-30-26(28)18-10-8-6-7-9-17-25(5)19-20-27(29)31-22-14-12-16-24(3)4/h23-25H,6-22H2,1-5H3. The van der Waals surface area contributed by atoms with Crippen LogP contribution in [0.1, 0.15) is 131 Å². The van der Waals surface area contributed by atoms with Gasteiger partial charge < -0.3 is 9.47 Å². The summed E-state index contributed by atoms with van der Waals surface area (Å²) in [5, 5.41) is 0. The van der Waals surface area contributed by atoms with E-state index >= 15 is 0 Å². The molecule has 0 fully saturated rings. The molecule has 184 valence electrons. The number of hydrogen-bond donors (Lipinski definition) is 0. The molecule has 0 heterocycles. The quantitative estimate of drug-likeness (QED) is 0.135. The van der Waals surface area contributed by atoms with E-state index in [0.29, 0.717) is 32.0 Å². The summed E-state index contributed by atoms with van der Waals surface area (Å²) in [6, 6.07) is 0. The third kappa shape index (κ3) is 23.4. The summed E-state index contributed by atoms with van der Waals surface area (Å²) in [5.74, 6) is 1.94. The van der Waals surface area contributed by atoms with Crippen LogP contribution in [-0.4, -0.2) is 25.2 Å². The van der Waals surface area contributed by atoms with Crippen LogP contribution in [-0.2, 0) is 19.1 Å². The molecule has 4 heteroatoms. The number of hydrogen-bond acceptors (Lipinski definition) is 4. The molecule has 0 aliphatic rings. The van der Waals surface area contributed by atoms with E-state index in [-0.39, 0.29) is 11.9 Å². The number of unbranched alkanes of at least 4 members (excludes halogenated alkanes) is 6. The van der Waals surface area contributed by atoms with Crippen LogP contribution in [0.2, 0.25) is 0 Å². The van der Waals surface area contributed by atoms with Gasteiger partial charge in [-0.3, -0.25) is 9.59 Å². The van der Waals surface area contributed by atoms with Crippen LogP contribution >= 0.6 is 0 Å². The maximum Gasteiger partial charge on any atom is 0.305 e. The van der Waals surface area contributed by atoms with Gasteiger partial charge in [0.2, 0.25) is 0 Å². The van der Waals surface area contributed by atoms with Gasteiger partial charge in [0.25, 0.3) is 0 Å². The van der Waals surface area contributed by atoms with Crippen molar-refractivity contribution in [3.8, 4) is 0 Å². The van der Waals surface area contributed by atoms with Crippen molar-refractivity contribution >= 4 is 11.9 Å². The van der Waals surface area contributed by atoms with Crippen LogP contribution in [0.5, 0.6) is 0 Å². The highest BCUT2D eigenvalue weighted by Crippen LogP contribution is 2.17. The molecule has 0 aromatic heterocycles. The minimum absolute atomic E-state index is 0.0371. The molecule has 0 amide bonds. The van der Waals surface area contributed by atoms with Gasteiger partial charge in [-0.25, -0.2) is 0 Å². The third-order valence-corrected chi connectivity index (χ3v) is 5.80. The molecule has 31 heavy (non-hydrogen) atoms. The number of esters is 2. The van der Waals surface area contributed by atoms with Crippen molar-refractivity contribution in [1.29, 1.82) is 0 Å². The molecule has 0 saturated carbocycles. The Morgan fingerprint density at radius 3 is 1.52 bits per heavy atom. The Labute approximate surface area is 193 Å². The molecule has 4 nitrogen and oxygen atoms in total. The van der Waals surface area contributed by atoms with Crippen molar-refractivity contribution in [3.63, 3.8) is 0 Å². The summed E-state index contributed by atoms with van der Waals surface area (Å²) in [6.07, 6.45) is 15.5. The Bertz CT molecular complexity index is 431. The number of ether oxygens (including phenoxy) is 2. The van der Waals surface area contributed by atoms with Gasteiger partial charge in [-0.1, -0.05) is 79.6 Å². The van der Waals surface area contributed by atoms with Crippen molar-refractivity contribution < 1.29 is 19.1 Å². The molecule has 0 aromatic carbocycles. The zero-order chi connectivity index (χ0) is 23.3. The van der Waals surface area contributed by atoms with E-state index in [9.17, 15) is 9.59 Å². The number of rotatable bonds is 21.